The summed E-state index contributed by atoms with van der Waals surface area (Å²) in [7, 11) is 0. The number of rotatable bonds is 3. The average Bonchev–Trinajstić information content (AvgIpc) is 3.68. The highest BCUT2D eigenvalue weighted by atomic mass is 79.9. The van der Waals surface area contributed by atoms with Crippen molar-refractivity contribution in [2.24, 2.45) is 4.99 Å². The fourth-order valence-corrected chi connectivity index (χ4v) is 6.24. The van der Waals surface area contributed by atoms with Crippen molar-refractivity contribution < 1.29 is 0 Å². The van der Waals surface area contributed by atoms with Gasteiger partial charge < -0.3 is 15.0 Å². The molecule has 0 saturated carbocycles. The van der Waals surface area contributed by atoms with Gasteiger partial charge in [0, 0.05) is 71.3 Å². The van der Waals surface area contributed by atoms with E-state index in [9.17, 15) is 0 Å². The zero-order chi connectivity index (χ0) is 26.1. The Bertz CT molecular complexity index is 2270. The SMILES string of the molecule is Brc1ccc2[nH]cc(C=Nc3ccc4c(c3)c3ccccc3c3nc(-c5c[nH]c6ccc(Br)cc56)[nH]c43)c2c1. The number of hydrogen-bond acceptors (Lipinski definition) is 2. The van der Waals surface area contributed by atoms with Crippen LogP contribution in [-0.2, 0) is 0 Å². The Morgan fingerprint density at radius 3 is 2.26 bits per heavy atom. The Balaban J connectivity index is 1.31. The number of aromatic nitrogens is 4. The molecule has 0 spiro atoms. The molecular weight excluding hydrogens is 614 g/mol. The zero-order valence-corrected chi connectivity index (χ0v) is 23.6. The molecule has 3 heterocycles. The molecule has 8 aromatic rings. The Kier molecular flexibility index (Phi) is 5.05. The highest BCUT2D eigenvalue weighted by Gasteiger charge is 2.16. The molecule has 8 rings (SSSR count). The molecule has 0 bridgehead atoms. The van der Waals surface area contributed by atoms with Crippen LogP contribution >= 0.6 is 31.9 Å². The summed E-state index contributed by atoms with van der Waals surface area (Å²) in [5.74, 6) is 0.847. The molecule has 7 heteroatoms. The van der Waals surface area contributed by atoms with E-state index in [0.717, 1.165) is 86.0 Å². The summed E-state index contributed by atoms with van der Waals surface area (Å²) >= 11 is 7.19. The van der Waals surface area contributed by atoms with Gasteiger partial charge in [0.05, 0.1) is 16.7 Å². The summed E-state index contributed by atoms with van der Waals surface area (Å²) in [5, 5.41) is 6.80. The minimum absolute atomic E-state index is 0.847. The Morgan fingerprint density at radius 2 is 1.41 bits per heavy atom. The summed E-state index contributed by atoms with van der Waals surface area (Å²) < 4.78 is 2.08. The van der Waals surface area contributed by atoms with E-state index in [1.807, 2.05) is 30.7 Å². The first-order chi connectivity index (χ1) is 19.1. The van der Waals surface area contributed by atoms with E-state index in [0.29, 0.717) is 0 Å². The number of H-pyrrole nitrogens is 3. The largest absolute Gasteiger partial charge is 0.361 e. The van der Waals surface area contributed by atoms with Gasteiger partial charge in [-0.3, -0.25) is 4.99 Å². The van der Waals surface area contributed by atoms with Gasteiger partial charge in [-0.05, 0) is 59.3 Å². The van der Waals surface area contributed by atoms with Crippen LogP contribution in [0.15, 0.2) is 105 Å². The van der Waals surface area contributed by atoms with Gasteiger partial charge in [0.15, 0.2) is 0 Å². The van der Waals surface area contributed by atoms with Crippen LogP contribution in [-0.4, -0.2) is 26.2 Å². The van der Waals surface area contributed by atoms with Gasteiger partial charge in [0.2, 0.25) is 0 Å². The molecule has 0 radical (unpaired) electrons. The number of fused-ring (bicyclic) bond motifs is 8. The maximum Gasteiger partial charge on any atom is 0.140 e. The Labute approximate surface area is 239 Å². The van der Waals surface area contributed by atoms with Crippen molar-refractivity contribution in [3.8, 4) is 11.4 Å². The molecule has 0 saturated heterocycles. The van der Waals surface area contributed by atoms with E-state index in [-0.39, 0.29) is 0 Å². The van der Waals surface area contributed by atoms with E-state index in [1.165, 1.54) is 0 Å². The summed E-state index contributed by atoms with van der Waals surface area (Å²) in [5.41, 5.74) is 7.16. The predicted octanol–water partition coefficient (Wildman–Crippen LogP) is 9.77. The number of halogens is 2. The van der Waals surface area contributed by atoms with Crippen molar-refractivity contribution in [3.05, 3.63) is 106 Å². The number of aromatic amines is 3. The Morgan fingerprint density at radius 1 is 0.667 bits per heavy atom. The normalized spacial score (nSPS) is 12.3. The lowest BCUT2D eigenvalue weighted by atomic mass is 9.99. The van der Waals surface area contributed by atoms with Crippen molar-refractivity contribution in [1.82, 2.24) is 19.9 Å². The lowest BCUT2D eigenvalue weighted by Gasteiger charge is -2.07. The Hall–Kier alpha value is -4.20. The van der Waals surface area contributed by atoms with E-state index < -0.39 is 0 Å². The van der Waals surface area contributed by atoms with Gasteiger partial charge in [-0.2, -0.15) is 0 Å². The van der Waals surface area contributed by atoms with Crippen molar-refractivity contribution in [1.29, 1.82) is 0 Å². The lowest BCUT2D eigenvalue weighted by molar-refractivity contribution is 1.34. The number of nitrogens with zero attached hydrogens (tertiary/aromatic N) is 2. The molecule has 0 aliphatic carbocycles. The van der Waals surface area contributed by atoms with Crippen LogP contribution in [0.2, 0.25) is 0 Å². The molecule has 0 atom stereocenters. The molecule has 0 aliphatic heterocycles. The summed E-state index contributed by atoms with van der Waals surface area (Å²) in [6.07, 6.45) is 5.95. The van der Waals surface area contributed by atoms with Crippen molar-refractivity contribution in [3.63, 3.8) is 0 Å². The van der Waals surface area contributed by atoms with Crippen LogP contribution in [0.4, 0.5) is 5.69 Å². The molecule has 0 amide bonds. The molecule has 39 heavy (non-hydrogen) atoms. The highest BCUT2D eigenvalue weighted by Crippen LogP contribution is 2.38. The van der Waals surface area contributed by atoms with Crippen LogP contribution in [0.5, 0.6) is 0 Å². The van der Waals surface area contributed by atoms with Gasteiger partial charge in [0.1, 0.15) is 5.82 Å². The van der Waals surface area contributed by atoms with Crippen molar-refractivity contribution in [2.75, 3.05) is 0 Å². The first-order valence-corrected chi connectivity index (χ1v) is 14.1. The third kappa shape index (κ3) is 3.65. The van der Waals surface area contributed by atoms with Crippen molar-refractivity contribution in [2.45, 2.75) is 0 Å². The van der Waals surface area contributed by atoms with Gasteiger partial charge in [-0.25, -0.2) is 4.98 Å². The number of aliphatic imine (C=N–C) groups is 1. The predicted molar refractivity (Wildman–Crippen MR) is 169 cm³/mol. The molecule has 5 aromatic carbocycles. The summed E-state index contributed by atoms with van der Waals surface area (Å²) in [6, 6.07) is 27.3. The average molecular weight is 633 g/mol. The number of nitrogens with one attached hydrogen (secondary N) is 3. The van der Waals surface area contributed by atoms with Crippen LogP contribution in [0.3, 0.4) is 0 Å². The van der Waals surface area contributed by atoms with Gasteiger partial charge >= 0.3 is 0 Å². The first kappa shape index (κ1) is 22.8. The second-order valence-corrected chi connectivity index (χ2v) is 11.5. The lowest BCUT2D eigenvalue weighted by Crippen LogP contribution is -1.83. The monoisotopic (exact) mass is 631 g/mol. The smallest absolute Gasteiger partial charge is 0.140 e. The van der Waals surface area contributed by atoms with E-state index in [2.05, 4.69) is 114 Å². The molecule has 5 nitrogen and oxygen atoms in total. The van der Waals surface area contributed by atoms with E-state index >= 15 is 0 Å². The fourth-order valence-electron chi connectivity index (χ4n) is 5.52. The standard InChI is InChI=1S/C32H19Br2N5/c33-18-5-9-28-24(11-18)17(15-36-28)14-35-20-7-8-23-25(13-20)21-3-1-2-4-22(21)30-31(23)39-32(38-30)27-16-37-29-10-6-19(34)12-26(27)29/h1-16,36-37H,(H,38,39). The van der Waals surface area contributed by atoms with Crippen LogP contribution in [0.25, 0.3) is 65.8 Å². The zero-order valence-electron chi connectivity index (χ0n) is 20.4. The number of hydrogen-bond donors (Lipinski definition) is 3. The van der Waals surface area contributed by atoms with Crippen molar-refractivity contribution >= 4 is 98.1 Å². The third-order valence-corrected chi connectivity index (χ3v) is 8.36. The summed E-state index contributed by atoms with van der Waals surface area (Å²) in [4.78, 5) is 20.3. The van der Waals surface area contributed by atoms with Gasteiger partial charge in [0.25, 0.3) is 0 Å². The molecule has 3 aromatic heterocycles. The quantitative estimate of drug-likeness (QED) is 0.132. The van der Waals surface area contributed by atoms with E-state index in [1.54, 1.807) is 0 Å². The molecular formula is C32H19Br2N5. The topological polar surface area (TPSA) is 72.6 Å². The maximum absolute atomic E-state index is 5.11. The third-order valence-electron chi connectivity index (χ3n) is 7.38. The molecule has 0 fully saturated rings. The maximum atomic E-state index is 5.11. The minimum Gasteiger partial charge on any atom is -0.361 e. The molecule has 0 aliphatic rings. The number of benzene rings is 5. The highest BCUT2D eigenvalue weighted by molar-refractivity contribution is 9.10. The fraction of sp³-hybridized carbons (Fsp3) is 0. The van der Waals surface area contributed by atoms with Gasteiger partial charge in [-0.15, -0.1) is 0 Å². The van der Waals surface area contributed by atoms with Crippen LogP contribution < -0.4 is 0 Å². The second-order valence-electron chi connectivity index (χ2n) is 9.67. The van der Waals surface area contributed by atoms with Crippen LogP contribution in [0, 0.1) is 0 Å². The number of imidazole rings is 1. The minimum atomic E-state index is 0.847. The van der Waals surface area contributed by atoms with E-state index in [4.69, 9.17) is 9.98 Å². The molecule has 3 N–H and O–H groups in total. The van der Waals surface area contributed by atoms with Crippen LogP contribution in [0.1, 0.15) is 5.56 Å². The molecule has 186 valence electrons. The molecule has 0 unspecified atom stereocenters. The summed E-state index contributed by atoms with van der Waals surface area (Å²) in [6.45, 7) is 0. The van der Waals surface area contributed by atoms with Gasteiger partial charge in [-0.1, -0.05) is 62.2 Å². The second kappa shape index (κ2) is 8.66. The first-order valence-electron chi connectivity index (χ1n) is 12.5.